The maximum absolute atomic E-state index is 4.18. The highest BCUT2D eigenvalue weighted by atomic mass is 15.2. The molecule has 3 heteroatoms. The van der Waals surface area contributed by atoms with Gasteiger partial charge in [-0.15, -0.1) is 0 Å². The molecule has 1 heterocycles. The van der Waals surface area contributed by atoms with E-state index in [2.05, 4.69) is 40.9 Å². The van der Waals surface area contributed by atoms with E-state index < -0.39 is 0 Å². The first-order chi connectivity index (χ1) is 8.83. The minimum Gasteiger partial charge on any atom is -0.316 e. The van der Waals surface area contributed by atoms with Gasteiger partial charge in [0.1, 0.15) is 0 Å². The summed E-state index contributed by atoms with van der Waals surface area (Å²) >= 11 is 0. The zero-order chi connectivity index (χ0) is 12.4. The van der Waals surface area contributed by atoms with E-state index in [0.717, 1.165) is 25.4 Å². The van der Waals surface area contributed by atoms with Gasteiger partial charge in [0, 0.05) is 25.7 Å². The molecule has 0 aliphatic heterocycles. The van der Waals surface area contributed by atoms with Crippen LogP contribution in [0, 0.1) is 0 Å². The number of hydrogen-bond donors (Lipinski definition) is 1. The first-order valence-corrected chi connectivity index (χ1v) is 6.59. The van der Waals surface area contributed by atoms with Crippen LogP contribution in [-0.4, -0.2) is 22.9 Å². The number of fused-ring (bicyclic) bond motifs is 1. The second-order valence-corrected chi connectivity index (χ2v) is 5.08. The second-order valence-electron chi connectivity index (χ2n) is 5.08. The summed E-state index contributed by atoms with van der Waals surface area (Å²) in [5, 5.41) is 7.73. The molecule has 94 valence electrons. The van der Waals surface area contributed by atoms with E-state index in [-0.39, 0.29) is 0 Å². The van der Waals surface area contributed by atoms with Gasteiger partial charge in [-0.05, 0) is 36.1 Å². The Kier molecular flexibility index (Phi) is 3.15. The fourth-order valence-corrected chi connectivity index (χ4v) is 2.65. The molecule has 18 heavy (non-hydrogen) atoms. The van der Waals surface area contributed by atoms with Crippen molar-refractivity contribution in [3.05, 3.63) is 53.3 Å². The van der Waals surface area contributed by atoms with E-state index in [0.29, 0.717) is 0 Å². The molecular weight excluding hydrogens is 222 g/mol. The number of nitrogens with zero attached hydrogens (tertiary/aromatic N) is 2. The van der Waals surface area contributed by atoms with E-state index in [9.17, 15) is 0 Å². The molecule has 1 aliphatic rings. The fraction of sp³-hybridized carbons (Fsp3) is 0.400. The molecule has 0 saturated carbocycles. The van der Waals surface area contributed by atoms with Crippen LogP contribution in [-0.2, 0) is 19.9 Å². The van der Waals surface area contributed by atoms with Crippen LogP contribution in [0.5, 0.6) is 0 Å². The molecule has 1 aromatic heterocycles. The summed E-state index contributed by atoms with van der Waals surface area (Å²) in [7, 11) is 1.96. The average Bonchev–Trinajstić information content (AvgIpc) is 2.75. The summed E-state index contributed by atoms with van der Waals surface area (Å²) < 4.78 is 1.86. The van der Waals surface area contributed by atoms with Gasteiger partial charge < -0.3 is 5.32 Å². The van der Waals surface area contributed by atoms with E-state index in [1.165, 1.54) is 23.1 Å². The lowest BCUT2D eigenvalue weighted by Crippen LogP contribution is -2.30. The highest BCUT2D eigenvalue weighted by Crippen LogP contribution is 2.33. The zero-order valence-electron chi connectivity index (χ0n) is 10.8. The maximum atomic E-state index is 4.18. The largest absolute Gasteiger partial charge is 0.316 e. The first kappa shape index (κ1) is 11.5. The summed E-state index contributed by atoms with van der Waals surface area (Å²) in [5.41, 5.74) is 4.36. The van der Waals surface area contributed by atoms with Gasteiger partial charge >= 0.3 is 0 Å². The van der Waals surface area contributed by atoms with Crippen molar-refractivity contribution < 1.29 is 0 Å². The molecule has 0 fully saturated rings. The van der Waals surface area contributed by atoms with E-state index >= 15 is 0 Å². The number of hydrogen-bond acceptors (Lipinski definition) is 2. The Labute approximate surface area is 108 Å². The average molecular weight is 241 g/mol. The Bertz CT molecular complexity index is 530. The van der Waals surface area contributed by atoms with Gasteiger partial charge in [-0.3, -0.25) is 4.68 Å². The molecule has 2 aromatic rings. The summed E-state index contributed by atoms with van der Waals surface area (Å²) in [4.78, 5) is 0. The molecule has 0 radical (unpaired) electrons. The molecule has 3 nitrogen and oxygen atoms in total. The number of benzene rings is 1. The minimum atomic E-state index is 0.718. The van der Waals surface area contributed by atoms with E-state index in [4.69, 9.17) is 0 Å². The van der Waals surface area contributed by atoms with Crippen molar-refractivity contribution in [2.75, 3.05) is 13.1 Å². The molecule has 0 bridgehead atoms. The van der Waals surface area contributed by atoms with Gasteiger partial charge in [0.15, 0.2) is 0 Å². The Hall–Kier alpha value is -1.61. The molecule has 1 atom stereocenters. The summed E-state index contributed by atoms with van der Waals surface area (Å²) in [5.74, 6) is 0.718. The monoisotopic (exact) mass is 241 g/mol. The quantitative estimate of drug-likeness (QED) is 0.810. The molecule has 1 N–H and O–H groups in total. The third-order valence-corrected chi connectivity index (χ3v) is 3.70. The van der Waals surface area contributed by atoms with Gasteiger partial charge in [0.25, 0.3) is 0 Å². The number of rotatable bonds is 5. The van der Waals surface area contributed by atoms with Gasteiger partial charge in [0.05, 0.1) is 6.20 Å². The van der Waals surface area contributed by atoms with Crippen molar-refractivity contribution in [3.8, 4) is 0 Å². The standard InChI is InChI=1S/C15H19N3/c1-18-11-12(9-17-18)6-7-16-10-14-8-13-4-2-3-5-15(13)14/h2-5,9,11,14,16H,6-8,10H2,1H3. The Balaban J connectivity index is 1.42. The van der Waals surface area contributed by atoms with Crippen LogP contribution in [0.2, 0.25) is 0 Å². The van der Waals surface area contributed by atoms with Crippen molar-refractivity contribution >= 4 is 0 Å². The third kappa shape index (κ3) is 2.31. The lowest BCUT2D eigenvalue weighted by molar-refractivity contribution is 0.537. The topological polar surface area (TPSA) is 29.9 Å². The lowest BCUT2D eigenvalue weighted by atomic mass is 9.77. The summed E-state index contributed by atoms with van der Waals surface area (Å²) in [6.07, 6.45) is 6.32. The van der Waals surface area contributed by atoms with E-state index in [1.54, 1.807) is 0 Å². The normalized spacial score (nSPS) is 17.3. The second kappa shape index (κ2) is 4.94. The van der Waals surface area contributed by atoms with Crippen LogP contribution < -0.4 is 5.32 Å². The van der Waals surface area contributed by atoms with Crippen LogP contribution in [0.3, 0.4) is 0 Å². The van der Waals surface area contributed by atoms with Crippen LogP contribution >= 0.6 is 0 Å². The van der Waals surface area contributed by atoms with Gasteiger partial charge in [-0.2, -0.15) is 5.10 Å². The smallest absolute Gasteiger partial charge is 0.0522 e. The van der Waals surface area contributed by atoms with Crippen molar-refractivity contribution in [1.29, 1.82) is 0 Å². The molecule has 0 saturated heterocycles. The summed E-state index contributed by atoms with van der Waals surface area (Å²) in [6, 6.07) is 8.76. The Morgan fingerprint density at radius 3 is 3.06 bits per heavy atom. The maximum Gasteiger partial charge on any atom is 0.0522 e. The van der Waals surface area contributed by atoms with Gasteiger partial charge in [-0.25, -0.2) is 0 Å². The predicted molar refractivity (Wildman–Crippen MR) is 72.7 cm³/mol. The molecule has 0 amide bonds. The minimum absolute atomic E-state index is 0.718. The van der Waals surface area contributed by atoms with Crippen molar-refractivity contribution in [1.82, 2.24) is 15.1 Å². The molecule has 1 aromatic carbocycles. The highest BCUT2D eigenvalue weighted by molar-refractivity contribution is 5.40. The van der Waals surface area contributed by atoms with Gasteiger partial charge in [-0.1, -0.05) is 24.3 Å². The number of nitrogens with one attached hydrogen (secondary N) is 1. The number of aromatic nitrogens is 2. The summed E-state index contributed by atoms with van der Waals surface area (Å²) in [6.45, 7) is 2.13. The molecule has 1 unspecified atom stereocenters. The van der Waals surface area contributed by atoms with Crippen LogP contribution in [0.4, 0.5) is 0 Å². The van der Waals surface area contributed by atoms with Crippen LogP contribution in [0.25, 0.3) is 0 Å². The molecule has 0 spiro atoms. The van der Waals surface area contributed by atoms with Crippen LogP contribution in [0.1, 0.15) is 22.6 Å². The fourth-order valence-electron chi connectivity index (χ4n) is 2.65. The zero-order valence-corrected chi connectivity index (χ0v) is 10.8. The molecular formula is C15H19N3. The number of aryl methyl sites for hydroxylation is 1. The Morgan fingerprint density at radius 2 is 2.28 bits per heavy atom. The lowest BCUT2D eigenvalue weighted by Gasteiger charge is -2.30. The van der Waals surface area contributed by atoms with Crippen molar-refractivity contribution in [2.24, 2.45) is 7.05 Å². The molecule has 3 rings (SSSR count). The highest BCUT2D eigenvalue weighted by Gasteiger charge is 2.24. The van der Waals surface area contributed by atoms with E-state index in [1.807, 2.05) is 17.9 Å². The van der Waals surface area contributed by atoms with Gasteiger partial charge in [0.2, 0.25) is 0 Å². The Morgan fingerprint density at radius 1 is 1.39 bits per heavy atom. The SMILES string of the molecule is Cn1cc(CCNCC2Cc3ccccc32)cn1. The third-order valence-electron chi connectivity index (χ3n) is 3.70. The van der Waals surface area contributed by atoms with Crippen molar-refractivity contribution in [3.63, 3.8) is 0 Å². The predicted octanol–water partition coefficient (Wildman–Crippen LogP) is 1.89. The van der Waals surface area contributed by atoms with Crippen LogP contribution in [0.15, 0.2) is 36.7 Å². The molecule has 1 aliphatic carbocycles. The first-order valence-electron chi connectivity index (χ1n) is 6.59. The van der Waals surface area contributed by atoms with Crippen molar-refractivity contribution in [2.45, 2.75) is 18.8 Å².